The van der Waals surface area contributed by atoms with E-state index in [9.17, 15) is 4.79 Å². The van der Waals surface area contributed by atoms with Gasteiger partial charge in [0.05, 0.1) is 0 Å². The maximum Gasteiger partial charge on any atom is 0.256 e. The third kappa shape index (κ3) is 1.63. The number of nitrogens with one attached hydrogen (secondary N) is 1. The summed E-state index contributed by atoms with van der Waals surface area (Å²) < 4.78 is 4.70. The highest BCUT2D eigenvalue weighted by Crippen LogP contribution is 2.34. The number of aromatic nitrogens is 1. The van der Waals surface area contributed by atoms with Gasteiger partial charge in [-0.3, -0.25) is 4.79 Å². The first-order valence-electron chi connectivity index (χ1n) is 4.60. The van der Waals surface area contributed by atoms with Crippen molar-refractivity contribution in [1.82, 2.24) is 10.5 Å². The zero-order valence-electron chi connectivity index (χ0n) is 8.04. The number of nitrogens with zero attached hydrogens (tertiary/aromatic N) is 1. The van der Waals surface area contributed by atoms with Crippen LogP contribution in [0.2, 0.25) is 0 Å². The van der Waals surface area contributed by atoms with Crippen LogP contribution in [0.1, 0.15) is 35.8 Å². The molecule has 2 rings (SSSR count). The Morgan fingerprint density at radius 3 is 3.07 bits per heavy atom. The molecular weight excluding hydrogens is 182 g/mol. The Morgan fingerprint density at radius 2 is 2.50 bits per heavy atom. The number of rotatable bonds is 3. The largest absolute Gasteiger partial charge is 0.364 e. The summed E-state index contributed by atoms with van der Waals surface area (Å²) in [6.07, 6.45) is 3.40. The van der Waals surface area contributed by atoms with E-state index in [4.69, 9.17) is 10.3 Å². The molecule has 0 radical (unpaired) electrons. The maximum absolute atomic E-state index is 11.7. The van der Waals surface area contributed by atoms with Crippen molar-refractivity contribution in [3.63, 3.8) is 0 Å². The van der Waals surface area contributed by atoms with Gasteiger partial charge < -0.3 is 15.6 Å². The molecule has 0 aliphatic heterocycles. The Bertz CT molecular complexity index is 355. The van der Waals surface area contributed by atoms with Crippen LogP contribution in [0, 0.1) is 0 Å². The summed E-state index contributed by atoms with van der Waals surface area (Å²) in [6, 6.07) is 0. The van der Waals surface area contributed by atoms with E-state index in [0.717, 1.165) is 12.8 Å². The molecule has 3 N–H and O–H groups in total. The fourth-order valence-electron chi connectivity index (χ4n) is 1.25. The molecule has 0 atom stereocenters. The molecule has 1 aliphatic carbocycles. The van der Waals surface area contributed by atoms with Crippen LogP contribution in [0.3, 0.4) is 0 Å². The van der Waals surface area contributed by atoms with Crippen molar-refractivity contribution in [2.45, 2.75) is 31.8 Å². The molecule has 1 fully saturated rings. The maximum atomic E-state index is 11.7. The molecule has 5 nitrogen and oxygen atoms in total. The van der Waals surface area contributed by atoms with Gasteiger partial charge in [-0.05, 0) is 19.8 Å². The molecule has 1 aromatic heterocycles. The highest BCUT2D eigenvalue weighted by atomic mass is 16.5. The molecule has 0 aromatic carbocycles. The van der Waals surface area contributed by atoms with Crippen LogP contribution in [0.4, 0.5) is 0 Å². The smallest absolute Gasteiger partial charge is 0.256 e. The molecule has 1 heterocycles. The van der Waals surface area contributed by atoms with Gasteiger partial charge in [0.2, 0.25) is 0 Å². The highest BCUT2D eigenvalue weighted by Gasteiger charge is 2.39. The van der Waals surface area contributed by atoms with E-state index in [0.29, 0.717) is 11.3 Å². The van der Waals surface area contributed by atoms with E-state index in [1.54, 1.807) is 0 Å². The Morgan fingerprint density at radius 1 is 1.79 bits per heavy atom. The first kappa shape index (κ1) is 9.21. The number of nitrogens with two attached hydrogens (primary N) is 1. The van der Waals surface area contributed by atoms with Gasteiger partial charge in [0, 0.05) is 12.1 Å². The second-order valence-corrected chi connectivity index (χ2v) is 3.89. The summed E-state index contributed by atoms with van der Waals surface area (Å²) in [5, 5.41) is 6.56. The Labute approximate surface area is 81.6 Å². The Balaban J connectivity index is 2.10. The standard InChI is InChI=1S/C9H13N3O2/c1-9(2-3-9)11-8(13)6-5-14-12-7(6)4-10/h5H,2-4,10H2,1H3,(H,11,13). The average molecular weight is 195 g/mol. The third-order valence-electron chi connectivity index (χ3n) is 2.50. The van der Waals surface area contributed by atoms with Crippen molar-refractivity contribution in [2.24, 2.45) is 5.73 Å². The van der Waals surface area contributed by atoms with E-state index in [1.165, 1.54) is 6.26 Å². The summed E-state index contributed by atoms with van der Waals surface area (Å²) in [7, 11) is 0. The normalized spacial score (nSPS) is 17.9. The first-order valence-corrected chi connectivity index (χ1v) is 4.60. The number of hydrogen-bond acceptors (Lipinski definition) is 4. The quantitative estimate of drug-likeness (QED) is 0.732. The SMILES string of the molecule is CC1(NC(=O)c2conc2CN)CC1. The minimum atomic E-state index is -0.147. The number of carbonyl (C=O) groups excluding carboxylic acids is 1. The van der Waals surface area contributed by atoms with Crippen molar-refractivity contribution in [2.75, 3.05) is 0 Å². The molecule has 1 amide bonds. The summed E-state index contributed by atoms with van der Waals surface area (Å²) >= 11 is 0. The fraction of sp³-hybridized carbons (Fsp3) is 0.556. The lowest BCUT2D eigenvalue weighted by Crippen LogP contribution is -2.34. The van der Waals surface area contributed by atoms with Crippen LogP contribution < -0.4 is 11.1 Å². The predicted octanol–water partition coefficient (Wildman–Crippen LogP) is 0.416. The van der Waals surface area contributed by atoms with Crippen molar-refractivity contribution < 1.29 is 9.32 Å². The number of hydrogen-bond donors (Lipinski definition) is 2. The van der Waals surface area contributed by atoms with Gasteiger partial charge in [-0.1, -0.05) is 5.16 Å². The first-order chi connectivity index (χ1) is 6.64. The third-order valence-corrected chi connectivity index (χ3v) is 2.50. The second kappa shape index (κ2) is 3.09. The summed E-state index contributed by atoms with van der Waals surface area (Å²) in [5.74, 6) is -0.147. The second-order valence-electron chi connectivity index (χ2n) is 3.89. The minimum Gasteiger partial charge on any atom is -0.364 e. The average Bonchev–Trinajstić information content (AvgIpc) is 2.71. The summed E-state index contributed by atoms with van der Waals surface area (Å²) in [5.41, 5.74) is 6.33. The van der Waals surface area contributed by atoms with Gasteiger partial charge in [-0.15, -0.1) is 0 Å². The van der Waals surface area contributed by atoms with Gasteiger partial charge in [-0.2, -0.15) is 0 Å². The molecule has 1 saturated carbocycles. The molecule has 0 spiro atoms. The molecule has 76 valence electrons. The van der Waals surface area contributed by atoms with Gasteiger partial charge in [-0.25, -0.2) is 0 Å². The van der Waals surface area contributed by atoms with Crippen molar-refractivity contribution >= 4 is 5.91 Å². The van der Waals surface area contributed by atoms with Crippen LogP contribution in [-0.2, 0) is 6.54 Å². The molecule has 0 bridgehead atoms. The van der Waals surface area contributed by atoms with Crippen molar-refractivity contribution in [3.05, 3.63) is 17.5 Å². The minimum absolute atomic E-state index is 0.0276. The zero-order valence-corrected chi connectivity index (χ0v) is 8.04. The molecule has 1 aromatic rings. The number of amides is 1. The van der Waals surface area contributed by atoms with Gasteiger partial charge >= 0.3 is 0 Å². The van der Waals surface area contributed by atoms with Gasteiger partial charge in [0.25, 0.3) is 5.91 Å². The fourth-order valence-corrected chi connectivity index (χ4v) is 1.25. The molecular formula is C9H13N3O2. The van der Waals surface area contributed by atoms with Crippen LogP contribution >= 0.6 is 0 Å². The molecule has 1 aliphatic rings. The van der Waals surface area contributed by atoms with E-state index >= 15 is 0 Å². The zero-order chi connectivity index (χ0) is 10.2. The lowest BCUT2D eigenvalue weighted by atomic mass is 10.2. The topological polar surface area (TPSA) is 81.2 Å². The molecule has 0 unspecified atom stereocenters. The summed E-state index contributed by atoms with van der Waals surface area (Å²) in [4.78, 5) is 11.7. The Hall–Kier alpha value is -1.36. The molecule has 5 heteroatoms. The van der Waals surface area contributed by atoms with Crippen LogP contribution in [0.15, 0.2) is 10.8 Å². The van der Waals surface area contributed by atoms with Gasteiger partial charge in [0.15, 0.2) is 0 Å². The predicted molar refractivity (Wildman–Crippen MR) is 49.5 cm³/mol. The van der Waals surface area contributed by atoms with Crippen LogP contribution in [-0.4, -0.2) is 16.6 Å². The van der Waals surface area contributed by atoms with Crippen molar-refractivity contribution in [1.29, 1.82) is 0 Å². The molecule has 0 saturated heterocycles. The van der Waals surface area contributed by atoms with Crippen LogP contribution in [0.25, 0.3) is 0 Å². The lowest BCUT2D eigenvalue weighted by Gasteiger charge is -2.09. The van der Waals surface area contributed by atoms with E-state index in [1.807, 2.05) is 6.92 Å². The van der Waals surface area contributed by atoms with Crippen LogP contribution in [0.5, 0.6) is 0 Å². The van der Waals surface area contributed by atoms with Gasteiger partial charge in [0.1, 0.15) is 17.5 Å². The Kier molecular flexibility index (Phi) is 2.03. The van der Waals surface area contributed by atoms with Crippen molar-refractivity contribution in [3.8, 4) is 0 Å². The lowest BCUT2D eigenvalue weighted by molar-refractivity contribution is 0.0934. The van der Waals surface area contributed by atoms with E-state index in [-0.39, 0.29) is 18.0 Å². The van der Waals surface area contributed by atoms with E-state index < -0.39 is 0 Å². The molecule has 14 heavy (non-hydrogen) atoms. The monoisotopic (exact) mass is 195 g/mol. The highest BCUT2D eigenvalue weighted by molar-refractivity contribution is 5.95. The van der Waals surface area contributed by atoms with E-state index in [2.05, 4.69) is 10.5 Å². The summed E-state index contributed by atoms with van der Waals surface area (Å²) in [6.45, 7) is 2.23. The number of carbonyl (C=O) groups is 1.